The molecule has 0 aliphatic carbocycles. The highest BCUT2D eigenvalue weighted by molar-refractivity contribution is 5.96. The van der Waals surface area contributed by atoms with Crippen LogP contribution in [0.4, 0.5) is 5.69 Å². The molecular formula is C22H23N3O4. The summed E-state index contributed by atoms with van der Waals surface area (Å²) >= 11 is 0. The molecule has 2 aromatic carbocycles. The molecule has 7 nitrogen and oxygen atoms in total. The Morgan fingerprint density at radius 2 is 1.86 bits per heavy atom. The lowest BCUT2D eigenvalue weighted by Gasteiger charge is -2.07. The van der Waals surface area contributed by atoms with E-state index in [4.69, 9.17) is 0 Å². The number of aryl methyl sites for hydroxylation is 1. The normalized spacial score (nSPS) is 10.9. The maximum atomic E-state index is 12.6. The van der Waals surface area contributed by atoms with Crippen LogP contribution in [0.3, 0.4) is 0 Å². The number of fused-ring (bicyclic) bond motifs is 1. The summed E-state index contributed by atoms with van der Waals surface area (Å²) in [4.78, 5) is 39.8. The Bertz CT molecular complexity index is 1090. The van der Waals surface area contributed by atoms with E-state index in [2.05, 4.69) is 11.9 Å². The molecule has 29 heavy (non-hydrogen) atoms. The van der Waals surface area contributed by atoms with Gasteiger partial charge in [0.15, 0.2) is 5.78 Å². The number of nitro groups is 1. The van der Waals surface area contributed by atoms with Gasteiger partial charge in [0.05, 0.1) is 28.7 Å². The molecule has 0 radical (unpaired) electrons. The highest BCUT2D eigenvalue weighted by Crippen LogP contribution is 2.16. The van der Waals surface area contributed by atoms with E-state index in [0.717, 1.165) is 12.8 Å². The van der Waals surface area contributed by atoms with Crippen molar-refractivity contribution in [3.05, 3.63) is 80.4 Å². The zero-order valence-electron chi connectivity index (χ0n) is 16.3. The van der Waals surface area contributed by atoms with Gasteiger partial charge in [-0.05, 0) is 24.5 Å². The van der Waals surface area contributed by atoms with E-state index in [1.807, 2.05) is 12.1 Å². The number of nitro benzene ring substituents is 1. The highest BCUT2D eigenvalue weighted by atomic mass is 16.6. The van der Waals surface area contributed by atoms with E-state index in [1.54, 1.807) is 12.1 Å². The average molecular weight is 393 g/mol. The number of rotatable bonds is 9. The highest BCUT2D eigenvalue weighted by Gasteiger charge is 2.13. The molecule has 0 saturated heterocycles. The molecule has 0 spiro atoms. The SMILES string of the molecule is CCCCCCc1ccc(C(=O)Cn2cnc3ccc([N+](=O)[O-])cc3c2=O)cc1. The molecule has 0 amide bonds. The predicted octanol–water partition coefficient (Wildman–Crippen LogP) is 4.31. The van der Waals surface area contributed by atoms with Crippen LogP contribution < -0.4 is 5.56 Å². The first kappa shape index (κ1) is 20.4. The van der Waals surface area contributed by atoms with Crippen molar-refractivity contribution in [2.75, 3.05) is 0 Å². The van der Waals surface area contributed by atoms with Gasteiger partial charge in [0.25, 0.3) is 11.2 Å². The van der Waals surface area contributed by atoms with Gasteiger partial charge in [0.1, 0.15) is 0 Å². The molecule has 0 N–H and O–H groups in total. The second-order valence-corrected chi connectivity index (χ2v) is 7.07. The third-order valence-electron chi connectivity index (χ3n) is 4.93. The van der Waals surface area contributed by atoms with Crippen LogP contribution in [0.15, 0.2) is 53.6 Å². The first-order chi connectivity index (χ1) is 14.0. The van der Waals surface area contributed by atoms with Gasteiger partial charge in [-0.2, -0.15) is 0 Å². The van der Waals surface area contributed by atoms with Gasteiger partial charge in [-0.25, -0.2) is 4.98 Å². The van der Waals surface area contributed by atoms with Crippen LogP contribution >= 0.6 is 0 Å². The lowest BCUT2D eigenvalue weighted by molar-refractivity contribution is -0.384. The first-order valence-corrected chi connectivity index (χ1v) is 9.75. The minimum Gasteiger partial charge on any atom is -0.292 e. The van der Waals surface area contributed by atoms with Crippen molar-refractivity contribution in [2.45, 2.75) is 45.6 Å². The molecule has 0 bridgehead atoms. The fraction of sp³-hybridized carbons (Fsp3) is 0.318. The number of hydrogen-bond donors (Lipinski definition) is 0. The van der Waals surface area contributed by atoms with E-state index >= 15 is 0 Å². The summed E-state index contributed by atoms with van der Waals surface area (Å²) in [5.74, 6) is -0.212. The second-order valence-electron chi connectivity index (χ2n) is 7.07. The largest absolute Gasteiger partial charge is 0.292 e. The number of ketones is 1. The van der Waals surface area contributed by atoms with Gasteiger partial charge in [0.2, 0.25) is 0 Å². The van der Waals surface area contributed by atoms with Crippen LogP contribution in [-0.4, -0.2) is 20.3 Å². The van der Waals surface area contributed by atoms with E-state index in [0.29, 0.717) is 11.1 Å². The topological polar surface area (TPSA) is 95.1 Å². The molecule has 150 valence electrons. The Hall–Kier alpha value is -3.35. The number of unbranched alkanes of at least 4 members (excludes halogenated alkanes) is 3. The van der Waals surface area contributed by atoms with Gasteiger partial charge < -0.3 is 0 Å². The number of non-ortho nitro benzene ring substituents is 1. The molecule has 0 aliphatic rings. The quantitative estimate of drug-likeness (QED) is 0.234. The smallest absolute Gasteiger partial charge is 0.270 e. The molecule has 0 unspecified atom stereocenters. The molecule has 0 aliphatic heterocycles. The molecule has 1 heterocycles. The summed E-state index contributed by atoms with van der Waals surface area (Å²) in [5.41, 5.74) is 1.41. The van der Waals surface area contributed by atoms with E-state index < -0.39 is 10.5 Å². The first-order valence-electron chi connectivity index (χ1n) is 9.75. The van der Waals surface area contributed by atoms with Crippen molar-refractivity contribution in [1.29, 1.82) is 0 Å². The predicted molar refractivity (Wildman–Crippen MR) is 111 cm³/mol. The van der Waals surface area contributed by atoms with Crippen LogP contribution in [-0.2, 0) is 13.0 Å². The second kappa shape index (κ2) is 9.23. The van der Waals surface area contributed by atoms with Crippen LogP contribution in [0.2, 0.25) is 0 Å². The zero-order valence-corrected chi connectivity index (χ0v) is 16.3. The van der Waals surface area contributed by atoms with Crippen LogP contribution in [0.5, 0.6) is 0 Å². The summed E-state index contributed by atoms with van der Waals surface area (Å²) in [6, 6.07) is 11.4. The summed E-state index contributed by atoms with van der Waals surface area (Å²) in [6.45, 7) is 2.01. The van der Waals surface area contributed by atoms with Crippen molar-refractivity contribution in [3.8, 4) is 0 Å². The molecule has 0 atom stereocenters. The number of carbonyl (C=O) groups is 1. The number of Topliss-reactive ketones (excluding diaryl/α,β-unsaturated/α-hetero) is 1. The molecule has 0 fully saturated rings. The Morgan fingerprint density at radius 3 is 2.55 bits per heavy atom. The third-order valence-corrected chi connectivity index (χ3v) is 4.93. The number of hydrogen-bond acceptors (Lipinski definition) is 5. The maximum Gasteiger partial charge on any atom is 0.270 e. The fourth-order valence-corrected chi connectivity index (χ4v) is 3.23. The van der Waals surface area contributed by atoms with Gasteiger partial charge in [-0.1, -0.05) is 50.5 Å². The fourth-order valence-electron chi connectivity index (χ4n) is 3.23. The van der Waals surface area contributed by atoms with Crippen molar-refractivity contribution < 1.29 is 9.72 Å². The van der Waals surface area contributed by atoms with Gasteiger partial charge in [-0.15, -0.1) is 0 Å². The summed E-state index contributed by atoms with van der Waals surface area (Å²) in [7, 11) is 0. The van der Waals surface area contributed by atoms with Gasteiger partial charge >= 0.3 is 0 Å². The number of carbonyl (C=O) groups excluding carboxylic acids is 1. The van der Waals surface area contributed by atoms with Gasteiger partial charge in [0, 0.05) is 17.7 Å². The van der Waals surface area contributed by atoms with Crippen LogP contribution in [0.1, 0.15) is 48.5 Å². The molecule has 7 heteroatoms. The number of aromatic nitrogens is 2. The van der Waals surface area contributed by atoms with Crippen molar-refractivity contribution in [1.82, 2.24) is 9.55 Å². The molecule has 3 rings (SSSR count). The Kier molecular flexibility index (Phi) is 6.49. The molecule has 0 saturated carbocycles. The lowest BCUT2D eigenvalue weighted by Crippen LogP contribution is -2.24. The Balaban J connectivity index is 1.74. The average Bonchev–Trinajstić information content (AvgIpc) is 2.73. The van der Waals surface area contributed by atoms with E-state index in [1.165, 1.54) is 53.9 Å². The van der Waals surface area contributed by atoms with Crippen molar-refractivity contribution in [2.24, 2.45) is 0 Å². The lowest BCUT2D eigenvalue weighted by atomic mass is 10.0. The van der Waals surface area contributed by atoms with Crippen LogP contribution in [0.25, 0.3) is 10.9 Å². The Labute approximate surface area is 168 Å². The third kappa shape index (κ3) is 4.93. The van der Waals surface area contributed by atoms with E-state index in [-0.39, 0.29) is 23.4 Å². The van der Waals surface area contributed by atoms with Crippen LogP contribution in [0, 0.1) is 10.1 Å². The van der Waals surface area contributed by atoms with Gasteiger partial charge in [-0.3, -0.25) is 24.3 Å². The number of benzene rings is 2. The minimum atomic E-state index is -0.564. The monoisotopic (exact) mass is 393 g/mol. The standard InChI is InChI=1S/C22H23N3O4/c1-2-3-4-5-6-16-7-9-17(10-8-16)21(26)14-24-15-23-20-12-11-18(25(28)29)13-19(20)22(24)27/h7-13,15H,2-6,14H2,1H3. The number of nitrogens with zero attached hydrogens (tertiary/aromatic N) is 3. The summed E-state index contributed by atoms with van der Waals surface area (Å²) in [5, 5.41) is 11.1. The van der Waals surface area contributed by atoms with E-state index in [9.17, 15) is 19.7 Å². The minimum absolute atomic E-state index is 0.122. The molecule has 1 aromatic heterocycles. The van der Waals surface area contributed by atoms with Crippen molar-refractivity contribution in [3.63, 3.8) is 0 Å². The van der Waals surface area contributed by atoms with Crippen molar-refractivity contribution >= 4 is 22.4 Å². The molecule has 3 aromatic rings. The zero-order chi connectivity index (χ0) is 20.8. The maximum absolute atomic E-state index is 12.6. The summed E-state index contributed by atoms with van der Waals surface area (Å²) in [6.07, 6.45) is 7.05. The molecular weight excluding hydrogens is 370 g/mol. The Morgan fingerprint density at radius 1 is 1.10 bits per heavy atom. The summed E-state index contributed by atoms with van der Waals surface area (Å²) < 4.78 is 1.19.